The van der Waals surface area contributed by atoms with Crippen LogP contribution >= 0.6 is 0 Å². The fourth-order valence-corrected chi connectivity index (χ4v) is 7.37. The van der Waals surface area contributed by atoms with E-state index in [2.05, 4.69) is 118 Å². The number of allylic oxidation sites excluding steroid dienone is 16. The average molecular weight is 931 g/mol. The molecule has 6 heteroatoms. The topological polar surface area (TPSA) is 78.9 Å². The number of ether oxygens (including phenoxy) is 3. The maximum atomic E-state index is 12.8. The van der Waals surface area contributed by atoms with Crippen molar-refractivity contribution < 1.29 is 28.6 Å². The van der Waals surface area contributed by atoms with Gasteiger partial charge in [0.05, 0.1) is 0 Å². The first-order valence-corrected chi connectivity index (χ1v) is 27.7. The van der Waals surface area contributed by atoms with Crippen molar-refractivity contribution in [3.63, 3.8) is 0 Å². The Morgan fingerprint density at radius 1 is 0.313 bits per heavy atom. The summed E-state index contributed by atoms with van der Waals surface area (Å²) in [6.45, 7) is 6.42. The zero-order valence-corrected chi connectivity index (χ0v) is 43.6. The monoisotopic (exact) mass is 931 g/mol. The predicted octanol–water partition coefficient (Wildman–Crippen LogP) is 18.5. The van der Waals surface area contributed by atoms with Crippen molar-refractivity contribution in [2.24, 2.45) is 0 Å². The molecule has 0 aromatic rings. The van der Waals surface area contributed by atoms with Gasteiger partial charge < -0.3 is 14.2 Å². The van der Waals surface area contributed by atoms with Crippen LogP contribution in [0.25, 0.3) is 0 Å². The Morgan fingerprint density at radius 2 is 0.582 bits per heavy atom. The van der Waals surface area contributed by atoms with Gasteiger partial charge in [-0.25, -0.2) is 0 Å². The van der Waals surface area contributed by atoms with Gasteiger partial charge in [-0.15, -0.1) is 0 Å². The standard InChI is InChI=1S/C61H102O6/c1-4-7-10-13-16-19-22-25-28-29-30-31-34-36-39-42-45-48-51-54-60(63)66-57-58(67-61(64)55-52-49-46-43-40-37-33-27-24-21-18-15-12-9-6-3)56-65-59(62)53-50-47-44-41-38-35-32-26-23-20-17-14-11-8-5-2/h9,12,16-21,25-28,32-33,40,43,58H,4-8,10-11,13-15,22-24,29-31,34-39,41-42,44-57H2,1-3H3/b12-9-,19-16-,20-17-,21-18-,28-25-,32-26-,33-27-,43-40-/t58-/m0/s1. The molecule has 6 nitrogen and oxygen atoms in total. The molecule has 0 unspecified atom stereocenters. The molecule has 0 aromatic carbocycles. The molecule has 0 aromatic heterocycles. The van der Waals surface area contributed by atoms with Gasteiger partial charge >= 0.3 is 17.9 Å². The SMILES string of the molecule is CC/C=C\C/C=C\C/C=C\C/C=C\CCCCC(=O)O[C@@H](COC(=O)CCCCCCC/C=C\C/C=C\CCCCC)COC(=O)CCCCCCCCCCC/C=C\C/C=C\CCCCC. The molecule has 0 amide bonds. The van der Waals surface area contributed by atoms with Gasteiger partial charge in [-0.05, 0) is 122 Å². The highest BCUT2D eigenvalue weighted by atomic mass is 16.6. The summed E-state index contributed by atoms with van der Waals surface area (Å²) >= 11 is 0. The maximum Gasteiger partial charge on any atom is 0.306 e. The van der Waals surface area contributed by atoms with E-state index >= 15 is 0 Å². The van der Waals surface area contributed by atoms with Gasteiger partial charge in [-0.3, -0.25) is 14.4 Å². The number of esters is 3. The van der Waals surface area contributed by atoms with Crippen molar-refractivity contribution in [1.29, 1.82) is 0 Å². The number of unbranched alkanes of at least 4 members (excludes halogenated alkanes) is 22. The second-order valence-corrected chi connectivity index (χ2v) is 18.1. The summed E-state index contributed by atoms with van der Waals surface area (Å²) < 4.78 is 16.8. The van der Waals surface area contributed by atoms with E-state index in [9.17, 15) is 14.4 Å². The van der Waals surface area contributed by atoms with Gasteiger partial charge in [-0.2, -0.15) is 0 Å². The summed E-state index contributed by atoms with van der Waals surface area (Å²) in [7, 11) is 0. The Labute approximate surface area is 413 Å². The van der Waals surface area contributed by atoms with Crippen molar-refractivity contribution in [2.75, 3.05) is 13.2 Å². The van der Waals surface area contributed by atoms with E-state index in [1.165, 1.54) is 96.3 Å². The van der Waals surface area contributed by atoms with Gasteiger partial charge in [0.1, 0.15) is 13.2 Å². The highest BCUT2D eigenvalue weighted by Crippen LogP contribution is 2.14. The lowest BCUT2D eigenvalue weighted by Crippen LogP contribution is -2.30. The zero-order valence-electron chi connectivity index (χ0n) is 43.6. The molecule has 0 N–H and O–H groups in total. The molecule has 1 atom stereocenters. The molecule has 0 aliphatic carbocycles. The smallest absolute Gasteiger partial charge is 0.306 e. The fraction of sp³-hybridized carbons (Fsp3) is 0.689. The van der Waals surface area contributed by atoms with E-state index in [0.29, 0.717) is 19.3 Å². The van der Waals surface area contributed by atoms with E-state index in [4.69, 9.17) is 14.2 Å². The zero-order chi connectivity index (χ0) is 48.6. The van der Waals surface area contributed by atoms with Gasteiger partial charge in [0.25, 0.3) is 0 Å². The molecule has 0 radical (unpaired) electrons. The number of hydrogen-bond acceptors (Lipinski definition) is 6. The largest absolute Gasteiger partial charge is 0.462 e. The van der Waals surface area contributed by atoms with Crippen molar-refractivity contribution >= 4 is 17.9 Å². The molecule has 0 rings (SSSR count). The molecule has 0 spiro atoms. The summed E-state index contributed by atoms with van der Waals surface area (Å²) in [5.41, 5.74) is 0. The molecule has 382 valence electrons. The van der Waals surface area contributed by atoms with Crippen LogP contribution in [0.1, 0.15) is 252 Å². The summed E-state index contributed by atoms with van der Waals surface area (Å²) in [5, 5.41) is 0. The average Bonchev–Trinajstić information content (AvgIpc) is 3.33. The fourth-order valence-electron chi connectivity index (χ4n) is 7.37. The van der Waals surface area contributed by atoms with Crippen LogP contribution in [0.15, 0.2) is 97.2 Å². The van der Waals surface area contributed by atoms with Crippen molar-refractivity contribution in [3.8, 4) is 0 Å². The first kappa shape index (κ1) is 63.3. The third kappa shape index (κ3) is 53.2. The van der Waals surface area contributed by atoms with E-state index in [-0.39, 0.29) is 37.5 Å². The molecular weight excluding hydrogens is 829 g/mol. The first-order chi connectivity index (χ1) is 33.0. The Hall–Kier alpha value is -3.67. The Kier molecular flexibility index (Phi) is 51.9. The lowest BCUT2D eigenvalue weighted by molar-refractivity contribution is -0.167. The predicted molar refractivity (Wildman–Crippen MR) is 288 cm³/mol. The van der Waals surface area contributed by atoms with Crippen molar-refractivity contribution in [2.45, 2.75) is 258 Å². The number of carbonyl (C=O) groups excluding carboxylic acids is 3. The van der Waals surface area contributed by atoms with E-state index in [1.54, 1.807) is 0 Å². The summed E-state index contributed by atoms with van der Waals surface area (Å²) in [6, 6.07) is 0. The van der Waals surface area contributed by atoms with Crippen molar-refractivity contribution in [1.82, 2.24) is 0 Å². The van der Waals surface area contributed by atoms with E-state index in [1.807, 2.05) is 0 Å². The quantitative estimate of drug-likeness (QED) is 0.0262. The van der Waals surface area contributed by atoms with Crippen LogP contribution in [0, 0.1) is 0 Å². The minimum absolute atomic E-state index is 0.102. The Morgan fingerprint density at radius 3 is 0.940 bits per heavy atom. The number of hydrogen-bond donors (Lipinski definition) is 0. The van der Waals surface area contributed by atoms with Crippen LogP contribution in [0.4, 0.5) is 0 Å². The lowest BCUT2D eigenvalue weighted by atomic mass is 10.1. The summed E-state index contributed by atoms with van der Waals surface area (Å²) in [4.78, 5) is 38.1. The normalized spacial score (nSPS) is 12.8. The molecule has 0 bridgehead atoms. The van der Waals surface area contributed by atoms with Crippen LogP contribution in [-0.4, -0.2) is 37.2 Å². The molecule has 0 aliphatic rings. The highest BCUT2D eigenvalue weighted by Gasteiger charge is 2.19. The Bertz CT molecular complexity index is 1350. The minimum atomic E-state index is -0.808. The van der Waals surface area contributed by atoms with Crippen LogP contribution in [0.5, 0.6) is 0 Å². The van der Waals surface area contributed by atoms with Crippen LogP contribution < -0.4 is 0 Å². The third-order valence-electron chi connectivity index (χ3n) is 11.5. The highest BCUT2D eigenvalue weighted by molar-refractivity contribution is 5.71. The van der Waals surface area contributed by atoms with Crippen LogP contribution in [0.2, 0.25) is 0 Å². The molecule has 0 fully saturated rings. The summed E-state index contributed by atoms with van der Waals surface area (Å²) in [6.07, 6.45) is 72.5. The lowest BCUT2D eigenvalue weighted by Gasteiger charge is -2.18. The van der Waals surface area contributed by atoms with Gasteiger partial charge in [-0.1, -0.05) is 208 Å². The van der Waals surface area contributed by atoms with E-state index in [0.717, 1.165) is 109 Å². The number of rotatable bonds is 49. The first-order valence-electron chi connectivity index (χ1n) is 27.7. The third-order valence-corrected chi connectivity index (χ3v) is 11.5. The molecule has 67 heavy (non-hydrogen) atoms. The van der Waals surface area contributed by atoms with Crippen LogP contribution in [0.3, 0.4) is 0 Å². The Balaban J connectivity index is 4.46. The summed E-state index contributed by atoms with van der Waals surface area (Å²) in [5.74, 6) is -0.961. The second-order valence-electron chi connectivity index (χ2n) is 18.1. The second kappa shape index (κ2) is 54.9. The van der Waals surface area contributed by atoms with Gasteiger partial charge in [0.15, 0.2) is 6.10 Å². The van der Waals surface area contributed by atoms with Crippen molar-refractivity contribution in [3.05, 3.63) is 97.2 Å². The minimum Gasteiger partial charge on any atom is -0.462 e. The molecule has 0 saturated carbocycles. The van der Waals surface area contributed by atoms with Gasteiger partial charge in [0.2, 0.25) is 0 Å². The number of carbonyl (C=O) groups is 3. The van der Waals surface area contributed by atoms with Crippen LogP contribution in [-0.2, 0) is 28.6 Å². The van der Waals surface area contributed by atoms with Gasteiger partial charge in [0, 0.05) is 19.3 Å². The molecular formula is C61H102O6. The molecule has 0 saturated heterocycles. The van der Waals surface area contributed by atoms with E-state index < -0.39 is 6.10 Å². The molecule has 0 aliphatic heterocycles. The molecule has 0 heterocycles. The maximum absolute atomic E-state index is 12.8.